The molecular formula is C10H12O3S. The molecule has 3 nitrogen and oxygen atoms in total. The molecule has 0 aliphatic rings. The first-order valence-electron chi connectivity index (χ1n) is 4.29. The van der Waals surface area contributed by atoms with Crippen LogP contribution in [0.4, 0.5) is 0 Å². The maximum atomic E-state index is 11.5. The van der Waals surface area contributed by atoms with Crippen molar-refractivity contribution in [3.05, 3.63) is 22.4 Å². The second-order valence-electron chi connectivity index (χ2n) is 3.03. The molecule has 0 aliphatic heterocycles. The number of thiophene rings is 1. The summed E-state index contributed by atoms with van der Waals surface area (Å²) in [5, 5.41) is 1.84. The number of ketones is 1. The molecule has 1 aromatic heterocycles. The number of carbonyl (C=O) groups excluding carboxylic acids is 2. The van der Waals surface area contributed by atoms with Crippen molar-refractivity contribution in [3.8, 4) is 0 Å². The minimum Gasteiger partial charge on any atom is -0.469 e. The molecule has 1 atom stereocenters. The Morgan fingerprint density at radius 1 is 1.57 bits per heavy atom. The summed E-state index contributed by atoms with van der Waals surface area (Å²) >= 11 is 1.39. The second kappa shape index (κ2) is 4.91. The Bertz CT molecular complexity index is 316. The van der Waals surface area contributed by atoms with Crippen molar-refractivity contribution < 1.29 is 14.3 Å². The van der Waals surface area contributed by atoms with E-state index < -0.39 is 0 Å². The number of hydrogen-bond acceptors (Lipinski definition) is 4. The highest BCUT2D eigenvalue weighted by molar-refractivity contribution is 7.12. The normalized spacial score (nSPS) is 12.1. The average molecular weight is 212 g/mol. The number of methoxy groups -OCH3 is 1. The molecule has 0 unspecified atom stereocenters. The van der Waals surface area contributed by atoms with E-state index in [2.05, 4.69) is 4.74 Å². The minimum atomic E-state index is -0.366. The van der Waals surface area contributed by atoms with Gasteiger partial charge >= 0.3 is 5.97 Å². The van der Waals surface area contributed by atoms with E-state index in [1.807, 2.05) is 11.4 Å². The zero-order valence-corrected chi connectivity index (χ0v) is 8.97. The number of esters is 1. The van der Waals surface area contributed by atoms with Crippen LogP contribution in [0.1, 0.15) is 23.0 Å². The lowest BCUT2D eigenvalue weighted by Crippen LogP contribution is -2.16. The second-order valence-corrected chi connectivity index (χ2v) is 3.98. The fourth-order valence-corrected chi connectivity index (χ4v) is 1.78. The van der Waals surface area contributed by atoms with Gasteiger partial charge in [-0.1, -0.05) is 13.0 Å². The van der Waals surface area contributed by atoms with E-state index in [1.54, 1.807) is 13.0 Å². The molecule has 1 rings (SSSR count). The predicted octanol–water partition coefficient (Wildman–Crippen LogP) is 2.13. The van der Waals surface area contributed by atoms with Gasteiger partial charge in [0.15, 0.2) is 5.78 Å². The first kappa shape index (κ1) is 10.9. The monoisotopic (exact) mass is 212 g/mol. The van der Waals surface area contributed by atoms with Crippen molar-refractivity contribution in [1.82, 2.24) is 0 Å². The molecule has 0 aliphatic carbocycles. The Morgan fingerprint density at radius 2 is 2.29 bits per heavy atom. The Morgan fingerprint density at radius 3 is 2.79 bits per heavy atom. The minimum absolute atomic E-state index is 0.00194. The fourth-order valence-electron chi connectivity index (χ4n) is 1.10. The Labute approximate surface area is 86.7 Å². The molecule has 76 valence electrons. The summed E-state index contributed by atoms with van der Waals surface area (Å²) in [6.07, 6.45) is 0.215. The molecule has 0 saturated carbocycles. The summed E-state index contributed by atoms with van der Waals surface area (Å²) in [7, 11) is 1.33. The molecule has 4 heteroatoms. The average Bonchev–Trinajstić information content (AvgIpc) is 2.69. The van der Waals surface area contributed by atoms with E-state index >= 15 is 0 Å². The van der Waals surface area contributed by atoms with Crippen molar-refractivity contribution in [2.75, 3.05) is 7.11 Å². The van der Waals surface area contributed by atoms with Gasteiger partial charge in [0.1, 0.15) is 0 Å². The molecule has 0 radical (unpaired) electrons. The van der Waals surface area contributed by atoms with E-state index in [1.165, 1.54) is 18.4 Å². The lowest BCUT2D eigenvalue weighted by atomic mass is 10.0. The van der Waals surface area contributed by atoms with Crippen LogP contribution >= 0.6 is 11.3 Å². The Hall–Kier alpha value is -1.16. The van der Waals surface area contributed by atoms with Crippen LogP contribution in [0.5, 0.6) is 0 Å². The van der Waals surface area contributed by atoms with Crippen LogP contribution in [-0.2, 0) is 9.53 Å². The van der Waals surface area contributed by atoms with Gasteiger partial charge in [-0.05, 0) is 11.4 Å². The Kier molecular flexibility index (Phi) is 3.83. The smallest absolute Gasteiger partial charge is 0.308 e. The molecule has 0 bridgehead atoms. The zero-order chi connectivity index (χ0) is 10.6. The quantitative estimate of drug-likeness (QED) is 0.567. The summed E-state index contributed by atoms with van der Waals surface area (Å²) in [4.78, 5) is 23.3. The highest BCUT2D eigenvalue weighted by atomic mass is 32.1. The SMILES string of the molecule is COC(=O)[C@@H](C)CC(=O)c1cccs1. The largest absolute Gasteiger partial charge is 0.469 e. The van der Waals surface area contributed by atoms with Gasteiger partial charge in [0.05, 0.1) is 17.9 Å². The van der Waals surface area contributed by atoms with Gasteiger partial charge in [0.2, 0.25) is 0 Å². The summed E-state index contributed by atoms with van der Waals surface area (Å²) in [5.41, 5.74) is 0. The Balaban J connectivity index is 2.53. The van der Waals surface area contributed by atoms with Crippen molar-refractivity contribution >= 4 is 23.1 Å². The predicted molar refractivity (Wildman–Crippen MR) is 54.4 cm³/mol. The standard InChI is InChI=1S/C10H12O3S/c1-7(10(12)13-2)6-8(11)9-4-3-5-14-9/h3-5,7H,6H2,1-2H3/t7-/m0/s1. The van der Waals surface area contributed by atoms with Gasteiger partial charge in [-0.25, -0.2) is 0 Å². The van der Waals surface area contributed by atoms with Crippen LogP contribution in [0.15, 0.2) is 17.5 Å². The van der Waals surface area contributed by atoms with Gasteiger partial charge in [-0.3, -0.25) is 9.59 Å². The molecule has 0 spiro atoms. The summed E-state index contributed by atoms with van der Waals surface area (Å²) < 4.78 is 4.54. The highest BCUT2D eigenvalue weighted by Gasteiger charge is 2.18. The van der Waals surface area contributed by atoms with Crippen molar-refractivity contribution in [2.24, 2.45) is 5.92 Å². The number of ether oxygens (including phenoxy) is 1. The first-order chi connectivity index (χ1) is 6.65. The number of rotatable bonds is 4. The third kappa shape index (κ3) is 2.67. The van der Waals surface area contributed by atoms with Crippen molar-refractivity contribution in [3.63, 3.8) is 0 Å². The maximum absolute atomic E-state index is 11.5. The number of carbonyl (C=O) groups is 2. The zero-order valence-electron chi connectivity index (χ0n) is 8.15. The van der Waals surface area contributed by atoms with Gasteiger partial charge in [-0.15, -0.1) is 11.3 Å². The van der Waals surface area contributed by atoms with Crippen LogP contribution in [0.25, 0.3) is 0 Å². The van der Waals surface area contributed by atoms with Gasteiger partial charge in [0, 0.05) is 6.42 Å². The van der Waals surface area contributed by atoms with Gasteiger partial charge in [-0.2, -0.15) is 0 Å². The van der Waals surface area contributed by atoms with Crippen LogP contribution in [0.3, 0.4) is 0 Å². The number of Topliss-reactive ketones (excluding diaryl/α,β-unsaturated/α-hetero) is 1. The van der Waals surface area contributed by atoms with Gasteiger partial charge < -0.3 is 4.74 Å². The molecule has 0 fully saturated rings. The molecule has 1 heterocycles. The van der Waals surface area contributed by atoms with E-state index in [-0.39, 0.29) is 24.1 Å². The fraction of sp³-hybridized carbons (Fsp3) is 0.400. The highest BCUT2D eigenvalue weighted by Crippen LogP contribution is 2.15. The molecule has 0 saturated heterocycles. The maximum Gasteiger partial charge on any atom is 0.308 e. The van der Waals surface area contributed by atoms with E-state index in [0.717, 1.165) is 0 Å². The van der Waals surface area contributed by atoms with Crippen molar-refractivity contribution in [1.29, 1.82) is 0 Å². The lowest BCUT2D eigenvalue weighted by Gasteiger charge is -2.06. The summed E-state index contributed by atoms with van der Waals surface area (Å²) in [5.74, 6) is -0.706. The topological polar surface area (TPSA) is 43.4 Å². The molecular weight excluding hydrogens is 200 g/mol. The molecule has 0 aromatic carbocycles. The molecule has 1 aromatic rings. The lowest BCUT2D eigenvalue weighted by molar-refractivity contribution is -0.144. The van der Waals surface area contributed by atoms with E-state index in [0.29, 0.717) is 4.88 Å². The van der Waals surface area contributed by atoms with Crippen LogP contribution in [-0.4, -0.2) is 18.9 Å². The van der Waals surface area contributed by atoms with Crippen LogP contribution < -0.4 is 0 Å². The van der Waals surface area contributed by atoms with Crippen molar-refractivity contribution in [2.45, 2.75) is 13.3 Å². The van der Waals surface area contributed by atoms with E-state index in [4.69, 9.17) is 0 Å². The third-order valence-corrected chi connectivity index (χ3v) is 2.80. The first-order valence-corrected chi connectivity index (χ1v) is 5.17. The van der Waals surface area contributed by atoms with Crippen LogP contribution in [0.2, 0.25) is 0 Å². The summed E-state index contributed by atoms with van der Waals surface area (Å²) in [6.45, 7) is 1.69. The summed E-state index contributed by atoms with van der Waals surface area (Å²) in [6, 6.07) is 3.58. The molecule has 0 amide bonds. The molecule has 14 heavy (non-hydrogen) atoms. The molecule has 0 N–H and O–H groups in total. The third-order valence-electron chi connectivity index (χ3n) is 1.89. The van der Waals surface area contributed by atoms with Crippen LogP contribution in [0, 0.1) is 5.92 Å². The van der Waals surface area contributed by atoms with E-state index in [9.17, 15) is 9.59 Å². The number of hydrogen-bond donors (Lipinski definition) is 0. The van der Waals surface area contributed by atoms with Gasteiger partial charge in [0.25, 0.3) is 0 Å².